The van der Waals surface area contributed by atoms with Gasteiger partial charge in [0.25, 0.3) is 0 Å². The van der Waals surface area contributed by atoms with E-state index in [1.807, 2.05) is 6.92 Å². The summed E-state index contributed by atoms with van der Waals surface area (Å²) in [7, 11) is -3.58. The van der Waals surface area contributed by atoms with Crippen LogP contribution in [0.2, 0.25) is 0 Å². The summed E-state index contributed by atoms with van der Waals surface area (Å²) < 4.78 is 36.7. The molecule has 0 spiro atoms. The minimum Gasteiger partial charge on any atom is -0.387 e. The Labute approximate surface area is 135 Å². The number of aliphatic hydroxyl groups is 1. The number of nitrogens with one attached hydrogen (secondary N) is 1. The molecule has 0 unspecified atom stereocenters. The lowest BCUT2D eigenvalue weighted by Gasteiger charge is -2.18. The van der Waals surface area contributed by atoms with Gasteiger partial charge in [0.05, 0.1) is 6.10 Å². The van der Waals surface area contributed by atoms with Gasteiger partial charge in [-0.15, -0.1) is 0 Å². The molecule has 0 saturated heterocycles. The summed E-state index contributed by atoms with van der Waals surface area (Å²) in [6.45, 7) is 2.09. The number of sulfone groups is 1. The second-order valence-corrected chi connectivity index (χ2v) is 7.37. The first-order valence-electron chi connectivity index (χ1n) is 7.10. The molecule has 124 valence electrons. The lowest BCUT2D eigenvalue weighted by Crippen LogP contribution is -2.25. The van der Waals surface area contributed by atoms with E-state index in [-0.39, 0.29) is 17.5 Å². The number of pyridine rings is 1. The van der Waals surface area contributed by atoms with Crippen LogP contribution >= 0.6 is 0 Å². The largest absolute Gasteiger partial charge is 0.387 e. The van der Waals surface area contributed by atoms with E-state index < -0.39 is 21.8 Å². The zero-order valence-corrected chi connectivity index (χ0v) is 13.7. The molecule has 1 aromatic heterocycles. The van der Waals surface area contributed by atoms with Gasteiger partial charge in [-0.25, -0.2) is 12.8 Å². The Morgan fingerprint density at radius 3 is 2.43 bits per heavy atom. The van der Waals surface area contributed by atoms with Crippen molar-refractivity contribution in [3.05, 3.63) is 59.7 Å². The van der Waals surface area contributed by atoms with E-state index in [2.05, 4.69) is 10.3 Å². The van der Waals surface area contributed by atoms with Gasteiger partial charge in [-0.3, -0.25) is 4.98 Å². The van der Waals surface area contributed by atoms with Gasteiger partial charge in [-0.1, -0.05) is 6.07 Å². The molecule has 2 atom stereocenters. The number of nitrogens with zero attached hydrogens (tertiary/aromatic N) is 1. The first-order chi connectivity index (χ1) is 10.8. The summed E-state index contributed by atoms with van der Waals surface area (Å²) in [6, 6.07) is 7.23. The van der Waals surface area contributed by atoms with Gasteiger partial charge in [0, 0.05) is 31.2 Å². The van der Waals surface area contributed by atoms with Gasteiger partial charge in [-0.2, -0.15) is 0 Å². The summed E-state index contributed by atoms with van der Waals surface area (Å²) >= 11 is 0. The van der Waals surface area contributed by atoms with Crippen LogP contribution in [0.25, 0.3) is 0 Å². The minimum atomic E-state index is -3.58. The van der Waals surface area contributed by atoms with E-state index in [1.54, 1.807) is 30.6 Å². The Hall–Kier alpha value is -1.83. The highest BCUT2D eigenvalue weighted by Crippen LogP contribution is 2.21. The van der Waals surface area contributed by atoms with Gasteiger partial charge in [-0.05, 0) is 42.3 Å². The lowest BCUT2D eigenvalue weighted by atomic mass is 10.1. The fourth-order valence-electron chi connectivity index (χ4n) is 2.20. The second kappa shape index (κ2) is 7.16. The number of rotatable bonds is 6. The molecule has 1 aromatic carbocycles. The monoisotopic (exact) mass is 338 g/mol. The molecule has 7 heteroatoms. The summed E-state index contributed by atoms with van der Waals surface area (Å²) in [5, 5.41) is 13.2. The van der Waals surface area contributed by atoms with Crippen LogP contribution in [0.15, 0.2) is 47.6 Å². The number of halogens is 1. The van der Waals surface area contributed by atoms with Crippen LogP contribution in [0.3, 0.4) is 0 Å². The van der Waals surface area contributed by atoms with Gasteiger partial charge in [0.15, 0.2) is 9.84 Å². The Morgan fingerprint density at radius 2 is 1.87 bits per heavy atom. The normalized spacial score (nSPS) is 14.4. The van der Waals surface area contributed by atoms with Crippen molar-refractivity contribution in [3.63, 3.8) is 0 Å². The Morgan fingerprint density at radius 1 is 1.22 bits per heavy atom. The smallest absolute Gasteiger partial charge is 0.178 e. The minimum absolute atomic E-state index is 0.241. The highest BCUT2D eigenvalue weighted by molar-refractivity contribution is 7.90. The number of hydrogen-bond donors (Lipinski definition) is 2. The molecule has 1 heterocycles. The SMILES string of the molecule is C[C@@H](NC[C@@H](O)c1ccncc1)c1ccc(S(C)(=O)=O)c(F)c1. The van der Waals surface area contributed by atoms with E-state index in [0.29, 0.717) is 5.56 Å². The van der Waals surface area contributed by atoms with E-state index >= 15 is 0 Å². The highest BCUT2D eigenvalue weighted by Gasteiger charge is 2.16. The molecule has 0 fully saturated rings. The lowest BCUT2D eigenvalue weighted by molar-refractivity contribution is 0.170. The number of benzene rings is 1. The molecule has 0 aliphatic rings. The van der Waals surface area contributed by atoms with Crippen molar-refractivity contribution >= 4 is 9.84 Å². The Bertz CT molecular complexity index is 766. The summed E-state index contributed by atoms with van der Waals surface area (Å²) in [4.78, 5) is 3.57. The zero-order chi connectivity index (χ0) is 17.0. The van der Waals surface area contributed by atoms with Crippen molar-refractivity contribution in [2.45, 2.75) is 24.0 Å². The molecule has 2 rings (SSSR count). The van der Waals surface area contributed by atoms with Crippen molar-refractivity contribution in [2.24, 2.45) is 0 Å². The van der Waals surface area contributed by atoms with Crippen molar-refractivity contribution in [3.8, 4) is 0 Å². The van der Waals surface area contributed by atoms with Crippen molar-refractivity contribution in [1.29, 1.82) is 0 Å². The van der Waals surface area contributed by atoms with Crippen LogP contribution in [0.1, 0.15) is 30.2 Å². The predicted molar refractivity (Wildman–Crippen MR) is 85.1 cm³/mol. The third-order valence-electron chi connectivity index (χ3n) is 3.56. The second-order valence-electron chi connectivity index (χ2n) is 5.39. The van der Waals surface area contributed by atoms with Crippen LogP contribution < -0.4 is 5.32 Å². The summed E-state index contributed by atoms with van der Waals surface area (Å²) in [6.07, 6.45) is 3.46. The number of aliphatic hydroxyl groups excluding tert-OH is 1. The van der Waals surface area contributed by atoms with Crippen LogP contribution in [0, 0.1) is 5.82 Å². The average molecular weight is 338 g/mol. The fraction of sp³-hybridized carbons (Fsp3) is 0.312. The molecule has 0 radical (unpaired) electrons. The molecule has 5 nitrogen and oxygen atoms in total. The highest BCUT2D eigenvalue weighted by atomic mass is 32.2. The van der Waals surface area contributed by atoms with Crippen LogP contribution in [0.4, 0.5) is 4.39 Å². The van der Waals surface area contributed by atoms with E-state index in [0.717, 1.165) is 11.8 Å². The molecular formula is C16H19FN2O3S. The third-order valence-corrected chi connectivity index (χ3v) is 4.69. The average Bonchev–Trinajstić information content (AvgIpc) is 2.51. The van der Waals surface area contributed by atoms with Crippen LogP contribution in [-0.2, 0) is 9.84 Å². The molecule has 0 aliphatic carbocycles. The van der Waals surface area contributed by atoms with Crippen molar-refractivity contribution in [1.82, 2.24) is 10.3 Å². The number of aromatic nitrogens is 1. The maximum Gasteiger partial charge on any atom is 0.178 e. The standard InChI is InChI=1S/C16H19FN2O3S/c1-11(19-10-15(20)12-5-7-18-8-6-12)13-3-4-16(14(17)9-13)23(2,21)22/h3-9,11,15,19-20H,10H2,1-2H3/t11-,15-/m1/s1. The van der Waals surface area contributed by atoms with Crippen molar-refractivity contribution < 1.29 is 17.9 Å². The molecule has 23 heavy (non-hydrogen) atoms. The van der Waals surface area contributed by atoms with Crippen LogP contribution in [-0.4, -0.2) is 31.3 Å². The first-order valence-corrected chi connectivity index (χ1v) is 8.99. The third kappa shape index (κ3) is 4.57. The topological polar surface area (TPSA) is 79.3 Å². The molecular weight excluding hydrogens is 319 g/mol. The summed E-state index contributed by atoms with van der Waals surface area (Å²) in [5.74, 6) is -0.770. The van der Waals surface area contributed by atoms with E-state index in [4.69, 9.17) is 0 Å². The predicted octanol–water partition coefficient (Wildman–Crippen LogP) is 2.01. The Balaban J connectivity index is 2.04. The molecule has 0 bridgehead atoms. The Kier molecular flexibility index (Phi) is 5.46. The molecule has 0 amide bonds. The van der Waals surface area contributed by atoms with Crippen LogP contribution in [0.5, 0.6) is 0 Å². The van der Waals surface area contributed by atoms with E-state index in [9.17, 15) is 17.9 Å². The molecule has 0 aliphatic heterocycles. The summed E-state index contributed by atoms with van der Waals surface area (Å²) in [5.41, 5.74) is 1.34. The maximum absolute atomic E-state index is 13.9. The molecule has 0 saturated carbocycles. The quantitative estimate of drug-likeness (QED) is 0.842. The zero-order valence-electron chi connectivity index (χ0n) is 12.9. The van der Waals surface area contributed by atoms with Gasteiger partial charge < -0.3 is 10.4 Å². The fourth-order valence-corrected chi connectivity index (χ4v) is 2.93. The molecule has 2 N–H and O–H groups in total. The first kappa shape index (κ1) is 17.5. The van der Waals surface area contributed by atoms with Gasteiger partial charge in [0.1, 0.15) is 10.7 Å². The maximum atomic E-state index is 13.9. The van der Waals surface area contributed by atoms with Crippen molar-refractivity contribution in [2.75, 3.05) is 12.8 Å². The van der Waals surface area contributed by atoms with Gasteiger partial charge in [0.2, 0.25) is 0 Å². The van der Waals surface area contributed by atoms with E-state index in [1.165, 1.54) is 12.1 Å². The molecule has 2 aromatic rings. The number of hydrogen-bond acceptors (Lipinski definition) is 5. The van der Waals surface area contributed by atoms with Gasteiger partial charge >= 0.3 is 0 Å².